The molecule has 0 aromatic rings. The number of aliphatic hydroxyl groups is 1. The molecule has 0 bridgehead atoms. The maximum absolute atomic E-state index is 11.7. The van der Waals surface area contributed by atoms with Crippen molar-refractivity contribution >= 4 is 6.09 Å². The lowest BCUT2D eigenvalue weighted by Gasteiger charge is -2.27. The summed E-state index contributed by atoms with van der Waals surface area (Å²) < 4.78 is 5.26. The molecular formula is C12H25NO3. The number of aliphatic hydroxyl groups excluding tert-OH is 1. The summed E-state index contributed by atoms with van der Waals surface area (Å²) in [4.78, 5) is 13.3. The van der Waals surface area contributed by atoms with Crippen molar-refractivity contribution in [3.8, 4) is 0 Å². The first kappa shape index (κ1) is 15.2. The van der Waals surface area contributed by atoms with Crippen LogP contribution in [0.3, 0.4) is 0 Å². The van der Waals surface area contributed by atoms with Gasteiger partial charge in [0.05, 0.1) is 6.10 Å². The Morgan fingerprint density at radius 2 is 1.94 bits per heavy atom. The monoisotopic (exact) mass is 231 g/mol. The number of nitrogens with zero attached hydrogens (tertiary/aromatic N) is 1. The Labute approximate surface area is 98.6 Å². The molecule has 0 aliphatic rings. The summed E-state index contributed by atoms with van der Waals surface area (Å²) in [6.07, 6.45) is 0.671. The number of rotatable bonds is 5. The van der Waals surface area contributed by atoms with Gasteiger partial charge in [0, 0.05) is 13.1 Å². The number of hydrogen-bond acceptors (Lipinski definition) is 3. The number of carbonyl (C=O) groups is 1. The van der Waals surface area contributed by atoms with Crippen molar-refractivity contribution < 1.29 is 14.6 Å². The quantitative estimate of drug-likeness (QED) is 0.790. The zero-order valence-corrected chi connectivity index (χ0v) is 11.1. The molecule has 4 nitrogen and oxygen atoms in total. The van der Waals surface area contributed by atoms with Gasteiger partial charge < -0.3 is 14.7 Å². The molecule has 0 aliphatic heterocycles. The van der Waals surface area contributed by atoms with Gasteiger partial charge in [-0.15, -0.1) is 0 Å². The van der Waals surface area contributed by atoms with Crippen LogP contribution in [0.2, 0.25) is 0 Å². The fraction of sp³-hybridized carbons (Fsp3) is 0.917. The molecule has 0 heterocycles. The van der Waals surface area contributed by atoms with Crippen LogP contribution in [0.5, 0.6) is 0 Å². The molecule has 4 heteroatoms. The Balaban J connectivity index is 4.12. The number of ether oxygens (including phenoxy) is 1. The Kier molecular flexibility index (Phi) is 6.41. The molecule has 0 spiro atoms. The fourth-order valence-corrected chi connectivity index (χ4v) is 1.21. The zero-order valence-electron chi connectivity index (χ0n) is 11.1. The van der Waals surface area contributed by atoms with Crippen molar-refractivity contribution in [3.63, 3.8) is 0 Å². The summed E-state index contributed by atoms with van der Waals surface area (Å²) in [5.41, 5.74) is -0.464. The molecule has 0 rings (SSSR count). The van der Waals surface area contributed by atoms with Crippen LogP contribution in [0.1, 0.15) is 47.5 Å². The Morgan fingerprint density at radius 3 is 2.31 bits per heavy atom. The Bertz CT molecular complexity index is 211. The summed E-state index contributed by atoms with van der Waals surface area (Å²) in [5, 5.41) is 9.44. The lowest BCUT2D eigenvalue weighted by atomic mass is 10.2. The van der Waals surface area contributed by atoms with E-state index >= 15 is 0 Å². The summed E-state index contributed by atoms with van der Waals surface area (Å²) in [6, 6.07) is 0. The predicted octanol–water partition coefficient (Wildman–Crippen LogP) is 2.40. The zero-order chi connectivity index (χ0) is 12.8. The summed E-state index contributed by atoms with van der Waals surface area (Å²) in [5.74, 6) is 0. The van der Waals surface area contributed by atoms with Crippen LogP contribution >= 0.6 is 0 Å². The number of hydrogen-bond donors (Lipinski definition) is 1. The highest BCUT2D eigenvalue weighted by Crippen LogP contribution is 2.10. The number of carbonyl (C=O) groups excluding carboxylic acids is 1. The van der Waals surface area contributed by atoms with E-state index in [4.69, 9.17) is 4.74 Å². The Hall–Kier alpha value is -0.770. The molecule has 0 aliphatic carbocycles. The molecule has 0 radical (unpaired) electrons. The molecule has 0 saturated heterocycles. The molecule has 1 N–H and O–H groups in total. The predicted molar refractivity (Wildman–Crippen MR) is 64.4 cm³/mol. The van der Waals surface area contributed by atoms with Gasteiger partial charge >= 0.3 is 6.09 Å². The van der Waals surface area contributed by atoms with Gasteiger partial charge in [0.25, 0.3) is 0 Å². The second-order valence-electron chi connectivity index (χ2n) is 4.91. The van der Waals surface area contributed by atoms with Crippen molar-refractivity contribution in [2.24, 2.45) is 0 Å². The van der Waals surface area contributed by atoms with Crippen LogP contribution < -0.4 is 0 Å². The van der Waals surface area contributed by atoms with Gasteiger partial charge in [-0.25, -0.2) is 4.79 Å². The minimum atomic E-state index is -0.464. The average molecular weight is 231 g/mol. The van der Waals surface area contributed by atoms with Gasteiger partial charge in [0.15, 0.2) is 0 Å². The number of amides is 1. The summed E-state index contributed by atoms with van der Waals surface area (Å²) in [7, 11) is 0. The maximum Gasteiger partial charge on any atom is 0.410 e. The lowest BCUT2D eigenvalue weighted by Crippen LogP contribution is -2.38. The highest BCUT2D eigenvalue weighted by Gasteiger charge is 2.21. The third kappa shape index (κ3) is 6.67. The van der Waals surface area contributed by atoms with Gasteiger partial charge in [0.2, 0.25) is 0 Å². The lowest BCUT2D eigenvalue weighted by molar-refractivity contribution is 0.0232. The van der Waals surface area contributed by atoms with E-state index in [2.05, 4.69) is 0 Å². The standard InChI is InChI=1S/C12H25NO3/c1-6-10(14)8-9-13(7-2)11(15)16-12(3,4)5/h10,14H,6-9H2,1-5H3/t10-/m1/s1. The normalized spacial score (nSPS) is 13.4. The van der Waals surface area contributed by atoms with Crippen molar-refractivity contribution in [1.29, 1.82) is 0 Å². The summed E-state index contributed by atoms with van der Waals surface area (Å²) in [6.45, 7) is 10.5. The minimum absolute atomic E-state index is 0.307. The fourth-order valence-electron chi connectivity index (χ4n) is 1.21. The first-order valence-corrected chi connectivity index (χ1v) is 5.96. The molecule has 1 amide bonds. The van der Waals surface area contributed by atoms with Crippen LogP contribution in [0, 0.1) is 0 Å². The van der Waals surface area contributed by atoms with Gasteiger partial charge in [-0.1, -0.05) is 6.92 Å². The van der Waals surface area contributed by atoms with Crippen LogP contribution in [-0.4, -0.2) is 40.9 Å². The highest BCUT2D eigenvalue weighted by atomic mass is 16.6. The molecule has 16 heavy (non-hydrogen) atoms. The van der Waals surface area contributed by atoms with Gasteiger partial charge in [-0.05, 0) is 40.5 Å². The highest BCUT2D eigenvalue weighted by molar-refractivity contribution is 5.68. The van der Waals surface area contributed by atoms with Crippen molar-refractivity contribution in [1.82, 2.24) is 4.90 Å². The van der Waals surface area contributed by atoms with Crippen molar-refractivity contribution in [3.05, 3.63) is 0 Å². The average Bonchev–Trinajstić information content (AvgIpc) is 2.15. The molecule has 0 aromatic heterocycles. The van der Waals surface area contributed by atoms with E-state index in [1.54, 1.807) is 4.90 Å². The van der Waals surface area contributed by atoms with E-state index in [-0.39, 0.29) is 12.2 Å². The minimum Gasteiger partial charge on any atom is -0.444 e. The van der Waals surface area contributed by atoms with Crippen LogP contribution in [0.15, 0.2) is 0 Å². The van der Waals surface area contributed by atoms with E-state index in [1.807, 2.05) is 34.6 Å². The van der Waals surface area contributed by atoms with Crippen LogP contribution in [-0.2, 0) is 4.74 Å². The van der Waals surface area contributed by atoms with Crippen LogP contribution in [0.4, 0.5) is 4.79 Å². The summed E-state index contributed by atoms with van der Waals surface area (Å²) >= 11 is 0. The SMILES string of the molecule is CC[C@@H](O)CCN(CC)C(=O)OC(C)(C)C. The van der Waals surface area contributed by atoms with Gasteiger partial charge in [-0.2, -0.15) is 0 Å². The van der Waals surface area contributed by atoms with E-state index in [0.717, 1.165) is 0 Å². The third-order valence-electron chi connectivity index (χ3n) is 2.24. The molecule has 96 valence electrons. The Morgan fingerprint density at radius 1 is 1.38 bits per heavy atom. The van der Waals surface area contributed by atoms with E-state index in [9.17, 15) is 9.90 Å². The van der Waals surface area contributed by atoms with Gasteiger partial charge in [0.1, 0.15) is 5.60 Å². The first-order chi connectivity index (χ1) is 7.30. The van der Waals surface area contributed by atoms with E-state index in [1.165, 1.54) is 0 Å². The second kappa shape index (κ2) is 6.74. The largest absolute Gasteiger partial charge is 0.444 e. The van der Waals surface area contributed by atoms with Crippen molar-refractivity contribution in [2.75, 3.05) is 13.1 Å². The van der Waals surface area contributed by atoms with E-state index < -0.39 is 5.60 Å². The van der Waals surface area contributed by atoms with Gasteiger partial charge in [-0.3, -0.25) is 0 Å². The van der Waals surface area contributed by atoms with E-state index in [0.29, 0.717) is 25.9 Å². The third-order valence-corrected chi connectivity index (χ3v) is 2.24. The smallest absolute Gasteiger partial charge is 0.410 e. The molecule has 0 saturated carbocycles. The van der Waals surface area contributed by atoms with Crippen LogP contribution in [0.25, 0.3) is 0 Å². The molecule has 0 unspecified atom stereocenters. The molecule has 0 aromatic carbocycles. The topological polar surface area (TPSA) is 49.8 Å². The molecule has 1 atom stereocenters. The van der Waals surface area contributed by atoms with Crippen molar-refractivity contribution in [2.45, 2.75) is 59.2 Å². The molecule has 0 fully saturated rings. The molecular weight excluding hydrogens is 206 g/mol. The maximum atomic E-state index is 11.7. The first-order valence-electron chi connectivity index (χ1n) is 5.96. The second-order valence-corrected chi connectivity index (χ2v) is 4.91.